The molecule has 0 fully saturated rings. The molecule has 2 aromatic heterocycles. The summed E-state index contributed by atoms with van der Waals surface area (Å²) in [6.45, 7) is 4.34. The lowest BCUT2D eigenvalue weighted by atomic mass is 9.84. The summed E-state index contributed by atoms with van der Waals surface area (Å²) in [6.07, 6.45) is 1.93. The number of sulfonamides is 1. The van der Waals surface area contributed by atoms with Crippen LogP contribution in [0.1, 0.15) is 19.4 Å². The highest BCUT2D eigenvalue weighted by Gasteiger charge is 2.27. The molecule has 0 amide bonds. The third-order valence-corrected chi connectivity index (χ3v) is 6.88. The smallest absolute Gasteiger partial charge is 0.250 e. The third-order valence-electron chi connectivity index (χ3n) is 4.08. The normalized spacial score (nSPS) is 12.6. The molecule has 0 aliphatic carbocycles. The maximum absolute atomic E-state index is 12.3. The molecule has 0 unspecified atom stereocenters. The van der Waals surface area contributed by atoms with Crippen LogP contribution in [0.15, 0.2) is 46.1 Å². The second kappa shape index (κ2) is 6.23. The van der Waals surface area contributed by atoms with Gasteiger partial charge in [-0.2, -0.15) is 0 Å². The minimum Gasteiger partial charge on any atom is -0.497 e. The van der Waals surface area contributed by atoms with Crippen molar-refractivity contribution in [2.24, 2.45) is 0 Å². The van der Waals surface area contributed by atoms with Crippen LogP contribution in [0.25, 0.3) is 10.9 Å². The molecular formula is C17H20N2O3S2. The Hall–Kier alpha value is -1.83. The second-order valence-corrected chi connectivity index (χ2v) is 9.20. The number of ether oxygens (including phenoxy) is 1. The van der Waals surface area contributed by atoms with Gasteiger partial charge in [0.25, 0.3) is 0 Å². The van der Waals surface area contributed by atoms with Crippen molar-refractivity contribution in [3.05, 3.63) is 47.5 Å². The second-order valence-electron chi connectivity index (χ2n) is 6.25. The summed E-state index contributed by atoms with van der Waals surface area (Å²) in [6, 6.07) is 9.17. The van der Waals surface area contributed by atoms with Crippen molar-refractivity contribution in [2.75, 3.05) is 13.7 Å². The molecule has 24 heavy (non-hydrogen) atoms. The first-order valence-corrected chi connectivity index (χ1v) is 9.88. The first kappa shape index (κ1) is 17.0. The number of aromatic nitrogens is 1. The van der Waals surface area contributed by atoms with Crippen LogP contribution < -0.4 is 9.46 Å². The van der Waals surface area contributed by atoms with Crippen molar-refractivity contribution in [2.45, 2.75) is 23.5 Å². The number of benzene rings is 1. The van der Waals surface area contributed by atoms with E-state index in [-0.39, 0.29) is 5.41 Å². The number of fused-ring (bicyclic) bond motifs is 1. The molecular weight excluding hydrogens is 344 g/mol. The van der Waals surface area contributed by atoms with Gasteiger partial charge in [-0.25, -0.2) is 13.1 Å². The molecule has 0 saturated carbocycles. The van der Waals surface area contributed by atoms with Crippen LogP contribution in [-0.2, 0) is 15.4 Å². The van der Waals surface area contributed by atoms with Crippen molar-refractivity contribution >= 4 is 32.3 Å². The standard InChI is InChI=1S/C17H20N2O3S2/c1-17(2,11-19-24(20,21)16-5-4-8-23-16)14-10-18-15-7-6-12(22-3)9-13(14)15/h4-10,18-19H,11H2,1-3H3. The van der Waals surface area contributed by atoms with Crippen molar-refractivity contribution in [1.82, 2.24) is 9.71 Å². The average Bonchev–Trinajstić information content (AvgIpc) is 3.22. The number of hydrogen-bond donors (Lipinski definition) is 2. The van der Waals surface area contributed by atoms with E-state index in [2.05, 4.69) is 9.71 Å². The highest BCUT2D eigenvalue weighted by atomic mass is 32.2. The van der Waals surface area contributed by atoms with Crippen LogP contribution >= 0.6 is 11.3 Å². The summed E-state index contributed by atoms with van der Waals surface area (Å²) in [5, 5.41) is 2.79. The average molecular weight is 364 g/mol. The first-order valence-electron chi connectivity index (χ1n) is 7.52. The topological polar surface area (TPSA) is 71.2 Å². The van der Waals surface area contributed by atoms with Gasteiger partial charge < -0.3 is 9.72 Å². The summed E-state index contributed by atoms with van der Waals surface area (Å²) in [4.78, 5) is 3.24. The monoisotopic (exact) mass is 364 g/mol. The Morgan fingerprint density at radius 3 is 2.75 bits per heavy atom. The first-order chi connectivity index (χ1) is 11.3. The van der Waals surface area contributed by atoms with Gasteiger partial charge >= 0.3 is 0 Å². The van der Waals surface area contributed by atoms with E-state index in [1.165, 1.54) is 11.3 Å². The molecule has 2 N–H and O–H groups in total. The molecule has 5 nitrogen and oxygen atoms in total. The minimum absolute atomic E-state index is 0.303. The van der Waals surface area contributed by atoms with Gasteiger partial charge in [-0.15, -0.1) is 11.3 Å². The van der Waals surface area contributed by atoms with Crippen LogP contribution in [-0.4, -0.2) is 27.1 Å². The quantitative estimate of drug-likeness (QED) is 0.703. The Bertz CT molecular complexity index is 942. The molecule has 2 heterocycles. The van der Waals surface area contributed by atoms with Gasteiger partial charge in [0, 0.05) is 29.1 Å². The van der Waals surface area contributed by atoms with Gasteiger partial charge in [-0.3, -0.25) is 0 Å². The lowest BCUT2D eigenvalue weighted by molar-refractivity contribution is 0.415. The molecule has 0 saturated heterocycles. The molecule has 0 bridgehead atoms. The number of thiophene rings is 1. The third kappa shape index (κ3) is 3.19. The summed E-state index contributed by atoms with van der Waals surface area (Å²) in [5.41, 5.74) is 1.67. The van der Waals surface area contributed by atoms with Crippen LogP contribution in [0.3, 0.4) is 0 Å². The zero-order valence-electron chi connectivity index (χ0n) is 13.8. The summed E-state index contributed by atoms with van der Waals surface area (Å²) in [5.74, 6) is 0.776. The molecule has 3 aromatic rings. The van der Waals surface area contributed by atoms with E-state index in [9.17, 15) is 8.42 Å². The van der Waals surface area contributed by atoms with Gasteiger partial charge in [0.1, 0.15) is 9.96 Å². The van der Waals surface area contributed by atoms with E-state index in [0.29, 0.717) is 10.8 Å². The number of aromatic amines is 1. The Balaban J connectivity index is 1.88. The van der Waals surface area contributed by atoms with Crippen molar-refractivity contribution in [3.8, 4) is 5.75 Å². The van der Waals surface area contributed by atoms with Crippen LogP contribution in [0, 0.1) is 0 Å². The SMILES string of the molecule is COc1ccc2[nH]cc(C(C)(C)CNS(=O)(=O)c3cccs3)c2c1. The van der Waals surface area contributed by atoms with E-state index >= 15 is 0 Å². The maximum Gasteiger partial charge on any atom is 0.250 e. The van der Waals surface area contributed by atoms with Gasteiger partial charge in [0.2, 0.25) is 10.0 Å². The summed E-state index contributed by atoms with van der Waals surface area (Å²) >= 11 is 1.21. The zero-order chi connectivity index (χ0) is 17.4. The highest BCUT2D eigenvalue weighted by Crippen LogP contribution is 2.32. The largest absolute Gasteiger partial charge is 0.497 e. The number of nitrogens with one attached hydrogen (secondary N) is 2. The molecule has 0 atom stereocenters. The Morgan fingerprint density at radius 2 is 2.08 bits per heavy atom. The maximum atomic E-state index is 12.3. The van der Waals surface area contributed by atoms with Crippen molar-refractivity contribution < 1.29 is 13.2 Å². The fourth-order valence-electron chi connectivity index (χ4n) is 2.64. The summed E-state index contributed by atoms with van der Waals surface area (Å²) < 4.78 is 33.0. The Morgan fingerprint density at radius 1 is 1.29 bits per heavy atom. The van der Waals surface area contributed by atoms with E-state index in [0.717, 1.165) is 22.2 Å². The predicted octanol–water partition coefficient (Wildman–Crippen LogP) is 3.49. The lowest BCUT2D eigenvalue weighted by Crippen LogP contribution is -2.36. The van der Waals surface area contributed by atoms with E-state index in [4.69, 9.17) is 4.74 Å². The fraction of sp³-hybridized carbons (Fsp3) is 0.294. The Kier molecular flexibility index (Phi) is 4.42. The molecule has 0 aliphatic rings. The zero-order valence-corrected chi connectivity index (χ0v) is 15.4. The van der Waals surface area contributed by atoms with Gasteiger partial charge in [-0.05, 0) is 35.2 Å². The molecule has 0 radical (unpaired) electrons. The van der Waals surface area contributed by atoms with E-state index in [1.807, 2.05) is 38.2 Å². The molecule has 1 aromatic carbocycles. The van der Waals surface area contributed by atoms with Gasteiger partial charge in [-0.1, -0.05) is 19.9 Å². The van der Waals surface area contributed by atoms with Crippen LogP contribution in [0.5, 0.6) is 5.75 Å². The molecule has 128 valence electrons. The van der Waals surface area contributed by atoms with Gasteiger partial charge in [0.15, 0.2) is 0 Å². The number of H-pyrrole nitrogens is 1. The highest BCUT2D eigenvalue weighted by molar-refractivity contribution is 7.91. The van der Waals surface area contributed by atoms with Crippen molar-refractivity contribution in [3.63, 3.8) is 0 Å². The molecule has 7 heteroatoms. The number of hydrogen-bond acceptors (Lipinski definition) is 4. The lowest BCUT2D eigenvalue weighted by Gasteiger charge is -2.24. The van der Waals surface area contributed by atoms with Gasteiger partial charge in [0.05, 0.1) is 7.11 Å². The van der Waals surface area contributed by atoms with Crippen LogP contribution in [0.4, 0.5) is 0 Å². The number of rotatable bonds is 6. The minimum atomic E-state index is -3.47. The van der Waals surface area contributed by atoms with E-state index < -0.39 is 10.0 Å². The van der Waals surface area contributed by atoms with E-state index in [1.54, 1.807) is 24.6 Å². The van der Waals surface area contributed by atoms with Crippen LogP contribution in [0.2, 0.25) is 0 Å². The van der Waals surface area contributed by atoms with Crippen molar-refractivity contribution in [1.29, 1.82) is 0 Å². The molecule has 3 rings (SSSR count). The number of methoxy groups -OCH3 is 1. The summed E-state index contributed by atoms with van der Waals surface area (Å²) in [7, 11) is -1.84. The predicted molar refractivity (Wildman–Crippen MR) is 97.4 cm³/mol. The molecule has 0 spiro atoms. The fourth-order valence-corrected chi connectivity index (χ4v) is 4.89. The Labute approximate surface area is 145 Å². The molecule has 0 aliphatic heterocycles.